The first-order valence-electron chi connectivity index (χ1n) is 4.96. The second kappa shape index (κ2) is 5.47. The van der Waals surface area contributed by atoms with Crippen molar-refractivity contribution in [3.05, 3.63) is 22.6 Å². The molecule has 1 rings (SSSR count). The Balaban J connectivity index is 2.86. The van der Waals surface area contributed by atoms with Gasteiger partial charge < -0.3 is 9.15 Å². The van der Waals surface area contributed by atoms with Gasteiger partial charge in [-0.3, -0.25) is 4.79 Å². The number of carbonyl (C=O) groups excluding carboxylic acids is 1. The van der Waals surface area contributed by atoms with E-state index in [2.05, 4.69) is 15.9 Å². The van der Waals surface area contributed by atoms with E-state index in [1.54, 1.807) is 6.07 Å². The Kier molecular flexibility index (Phi) is 4.54. The zero-order chi connectivity index (χ0) is 11.4. The van der Waals surface area contributed by atoms with Crippen molar-refractivity contribution >= 4 is 21.7 Å². The third kappa shape index (κ3) is 2.92. The lowest BCUT2D eigenvalue weighted by Gasteiger charge is -2.18. The standard InChI is InChI=1S/C11H15BrO3/c1-4-14-10(7(2)3)9(13)11-8(12)5-6-15-11/h5-7,10H,4H2,1-3H3. The fraction of sp³-hybridized carbons (Fsp3) is 0.545. The lowest BCUT2D eigenvalue weighted by atomic mass is 10.0. The summed E-state index contributed by atoms with van der Waals surface area (Å²) < 4.78 is 11.2. The van der Waals surface area contributed by atoms with Gasteiger partial charge >= 0.3 is 0 Å². The van der Waals surface area contributed by atoms with E-state index in [0.717, 1.165) is 0 Å². The summed E-state index contributed by atoms with van der Waals surface area (Å²) in [7, 11) is 0. The van der Waals surface area contributed by atoms with Gasteiger partial charge in [-0.2, -0.15) is 0 Å². The first-order valence-corrected chi connectivity index (χ1v) is 5.76. The molecule has 0 spiro atoms. The van der Waals surface area contributed by atoms with Gasteiger partial charge in [-0.1, -0.05) is 13.8 Å². The van der Waals surface area contributed by atoms with Crippen LogP contribution in [0.1, 0.15) is 31.3 Å². The maximum Gasteiger partial charge on any atom is 0.228 e. The maximum atomic E-state index is 12.0. The first-order chi connectivity index (χ1) is 7.07. The monoisotopic (exact) mass is 274 g/mol. The van der Waals surface area contributed by atoms with Crippen LogP contribution in [0.15, 0.2) is 21.2 Å². The minimum absolute atomic E-state index is 0.108. The molecular formula is C11H15BrO3. The van der Waals surface area contributed by atoms with Crippen molar-refractivity contribution in [3.63, 3.8) is 0 Å². The van der Waals surface area contributed by atoms with Crippen LogP contribution in [-0.4, -0.2) is 18.5 Å². The number of halogens is 1. The fourth-order valence-corrected chi connectivity index (χ4v) is 1.75. The third-order valence-electron chi connectivity index (χ3n) is 2.05. The molecule has 0 amide bonds. The average molecular weight is 275 g/mol. The van der Waals surface area contributed by atoms with Crippen molar-refractivity contribution in [1.82, 2.24) is 0 Å². The number of rotatable bonds is 5. The van der Waals surface area contributed by atoms with Crippen LogP contribution >= 0.6 is 15.9 Å². The SMILES string of the molecule is CCOC(C(=O)c1occc1Br)C(C)C. The summed E-state index contributed by atoms with van der Waals surface area (Å²) in [6.45, 7) is 6.30. The smallest absolute Gasteiger partial charge is 0.228 e. The van der Waals surface area contributed by atoms with Gasteiger partial charge in [0.05, 0.1) is 10.7 Å². The van der Waals surface area contributed by atoms with Crippen LogP contribution in [0.2, 0.25) is 0 Å². The Morgan fingerprint density at radius 1 is 1.60 bits per heavy atom. The molecule has 0 fully saturated rings. The molecular weight excluding hydrogens is 260 g/mol. The molecule has 1 aromatic heterocycles. The summed E-state index contributed by atoms with van der Waals surface area (Å²) in [5.74, 6) is 0.361. The van der Waals surface area contributed by atoms with Crippen molar-refractivity contribution in [2.45, 2.75) is 26.9 Å². The van der Waals surface area contributed by atoms with Crippen LogP contribution in [0.3, 0.4) is 0 Å². The fourth-order valence-electron chi connectivity index (χ4n) is 1.35. The van der Waals surface area contributed by atoms with Crippen LogP contribution < -0.4 is 0 Å². The van der Waals surface area contributed by atoms with Crippen molar-refractivity contribution in [1.29, 1.82) is 0 Å². The van der Waals surface area contributed by atoms with Gasteiger partial charge in [-0.25, -0.2) is 0 Å². The van der Waals surface area contributed by atoms with E-state index in [-0.39, 0.29) is 11.7 Å². The molecule has 1 aromatic rings. The lowest BCUT2D eigenvalue weighted by Crippen LogP contribution is -2.29. The number of Topliss-reactive ketones (excluding diaryl/α,β-unsaturated/α-hetero) is 1. The highest BCUT2D eigenvalue weighted by Crippen LogP contribution is 2.22. The highest BCUT2D eigenvalue weighted by atomic mass is 79.9. The molecule has 0 saturated heterocycles. The largest absolute Gasteiger partial charge is 0.460 e. The summed E-state index contributed by atoms with van der Waals surface area (Å²) in [6.07, 6.45) is 1.05. The highest BCUT2D eigenvalue weighted by molar-refractivity contribution is 9.10. The topological polar surface area (TPSA) is 39.4 Å². The summed E-state index contributed by atoms with van der Waals surface area (Å²) in [5.41, 5.74) is 0. The molecule has 1 unspecified atom stereocenters. The maximum absolute atomic E-state index is 12.0. The van der Waals surface area contributed by atoms with Crippen LogP contribution in [-0.2, 0) is 4.74 Å². The van der Waals surface area contributed by atoms with Crippen molar-refractivity contribution in [2.24, 2.45) is 5.92 Å². The van der Waals surface area contributed by atoms with E-state index >= 15 is 0 Å². The normalized spacial score (nSPS) is 13.1. The van der Waals surface area contributed by atoms with Gasteiger partial charge in [-0.05, 0) is 34.8 Å². The third-order valence-corrected chi connectivity index (χ3v) is 2.68. The molecule has 1 atom stereocenters. The Labute approximate surface area is 97.9 Å². The minimum atomic E-state index is -0.433. The molecule has 0 N–H and O–H groups in total. The summed E-state index contributed by atoms with van der Waals surface area (Å²) in [4.78, 5) is 12.0. The minimum Gasteiger partial charge on any atom is -0.460 e. The van der Waals surface area contributed by atoms with Gasteiger partial charge in [0.15, 0.2) is 5.76 Å². The number of hydrogen-bond acceptors (Lipinski definition) is 3. The highest BCUT2D eigenvalue weighted by Gasteiger charge is 2.27. The molecule has 0 aliphatic heterocycles. The molecule has 0 saturated carbocycles. The van der Waals surface area contributed by atoms with Crippen LogP contribution in [0.25, 0.3) is 0 Å². The zero-order valence-electron chi connectivity index (χ0n) is 9.12. The number of carbonyl (C=O) groups is 1. The van der Waals surface area contributed by atoms with Gasteiger partial charge in [-0.15, -0.1) is 0 Å². The van der Waals surface area contributed by atoms with Crippen molar-refractivity contribution < 1.29 is 13.9 Å². The second-order valence-corrected chi connectivity index (χ2v) is 4.44. The number of furan rings is 1. The van der Waals surface area contributed by atoms with E-state index in [1.165, 1.54) is 6.26 Å². The predicted octanol–water partition coefficient (Wildman–Crippen LogP) is 3.29. The van der Waals surface area contributed by atoms with Crippen LogP contribution in [0.4, 0.5) is 0 Å². The summed E-state index contributed by atoms with van der Waals surface area (Å²) in [6, 6.07) is 1.70. The first kappa shape index (κ1) is 12.5. The summed E-state index contributed by atoms with van der Waals surface area (Å²) >= 11 is 3.27. The average Bonchev–Trinajstić information content (AvgIpc) is 2.59. The molecule has 0 aliphatic carbocycles. The van der Waals surface area contributed by atoms with Gasteiger partial charge in [0.25, 0.3) is 0 Å². The molecule has 0 radical (unpaired) electrons. The molecule has 1 heterocycles. The van der Waals surface area contributed by atoms with E-state index in [1.807, 2.05) is 20.8 Å². The Morgan fingerprint density at radius 2 is 2.27 bits per heavy atom. The quantitative estimate of drug-likeness (QED) is 0.774. The molecule has 15 heavy (non-hydrogen) atoms. The molecule has 0 aromatic carbocycles. The van der Waals surface area contributed by atoms with Crippen molar-refractivity contribution in [2.75, 3.05) is 6.61 Å². The predicted molar refractivity (Wildman–Crippen MR) is 61.0 cm³/mol. The number of ketones is 1. The van der Waals surface area contributed by atoms with E-state index in [9.17, 15) is 4.79 Å². The molecule has 84 valence electrons. The van der Waals surface area contributed by atoms with Crippen molar-refractivity contribution in [3.8, 4) is 0 Å². The van der Waals surface area contributed by atoms with Crippen LogP contribution in [0, 0.1) is 5.92 Å². The number of ether oxygens (including phenoxy) is 1. The Morgan fingerprint density at radius 3 is 2.67 bits per heavy atom. The van der Waals surface area contributed by atoms with E-state index in [0.29, 0.717) is 16.8 Å². The molecule has 0 bridgehead atoms. The molecule has 4 heteroatoms. The Hall–Kier alpha value is -0.610. The molecule has 0 aliphatic rings. The summed E-state index contributed by atoms with van der Waals surface area (Å²) in [5, 5.41) is 0. The van der Waals surface area contributed by atoms with E-state index < -0.39 is 6.10 Å². The van der Waals surface area contributed by atoms with Gasteiger partial charge in [0.1, 0.15) is 6.10 Å². The molecule has 3 nitrogen and oxygen atoms in total. The van der Waals surface area contributed by atoms with Crippen LogP contribution in [0.5, 0.6) is 0 Å². The Bertz CT molecular complexity index is 330. The number of hydrogen-bond donors (Lipinski definition) is 0. The van der Waals surface area contributed by atoms with Gasteiger partial charge in [0, 0.05) is 6.61 Å². The second-order valence-electron chi connectivity index (χ2n) is 3.58. The zero-order valence-corrected chi connectivity index (χ0v) is 10.7. The van der Waals surface area contributed by atoms with E-state index in [4.69, 9.17) is 9.15 Å². The lowest BCUT2D eigenvalue weighted by molar-refractivity contribution is 0.0257. The van der Waals surface area contributed by atoms with Gasteiger partial charge in [0.2, 0.25) is 5.78 Å².